The van der Waals surface area contributed by atoms with Gasteiger partial charge in [-0.1, -0.05) is 30.3 Å². The number of hydrogen-bond donors (Lipinski definition) is 2. The Labute approximate surface area is 134 Å². The molecule has 0 bridgehead atoms. The largest absolute Gasteiger partial charge is 0.382 e. The van der Waals surface area contributed by atoms with Crippen molar-refractivity contribution < 1.29 is 4.79 Å². The number of nitrogens with one attached hydrogen (secondary N) is 1. The summed E-state index contributed by atoms with van der Waals surface area (Å²) in [6, 6.07) is 15.9. The Morgan fingerprint density at radius 2 is 2.04 bits per heavy atom. The molecule has 3 N–H and O–H groups in total. The van der Waals surface area contributed by atoms with Crippen LogP contribution in [0.15, 0.2) is 48.5 Å². The van der Waals surface area contributed by atoms with Gasteiger partial charge in [-0.05, 0) is 36.6 Å². The summed E-state index contributed by atoms with van der Waals surface area (Å²) in [6.45, 7) is 0.789. The number of nitrogens with zero attached hydrogens (tertiary/aromatic N) is 2. The second-order valence-corrected chi connectivity index (χ2v) is 5.94. The highest BCUT2D eigenvalue weighted by Gasteiger charge is 2.30. The lowest BCUT2D eigenvalue weighted by molar-refractivity contribution is 0.0736. The number of fused-ring (bicyclic) bond motifs is 1. The molecule has 1 amide bonds. The number of nitrogen functional groups attached to an aromatic ring is 1. The van der Waals surface area contributed by atoms with Crippen LogP contribution in [0.3, 0.4) is 0 Å². The summed E-state index contributed by atoms with van der Waals surface area (Å²) in [4.78, 5) is 14.9. The van der Waals surface area contributed by atoms with Crippen LogP contribution in [0.4, 0.5) is 5.82 Å². The van der Waals surface area contributed by atoms with Gasteiger partial charge >= 0.3 is 0 Å². The Morgan fingerprint density at radius 3 is 2.87 bits per heavy atom. The second-order valence-electron chi connectivity index (χ2n) is 5.94. The van der Waals surface area contributed by atoms with Crippen molar-refractivity contribution in [1.29, 1.82) is 0 Å². The van der Waals surface area contributed by atoms with Gasteiger partial charge in [0.05, 0.1) is 11.6 Å². The van der Waals surface area contributed by atoms with E-state index in [4.69, 9.17) is 5.73 Å². The van der Waals surface area contributed by atoms with Crippen molar-refractivity contribution in [1.82, 2.24) is 15.1 Å². The highest BCUT2D eigenvalue weighted by Crippen LogP contribution is 2.33. The molecule has 1 aliphatic rings. The minimum absolute atomic E-state index is 0.0545. The van der Waals surface area contributed by atoms with Gasteiger partial charge in [-0.15, -0.1) is 0 Å². The third-order valence-electron chi connectivity index (χ3n) is 4.54. The van der Waals surface area contributed by atoms with Crippen molar-refractivity contribution in [2.75, 3.05) is 12.3 Å². The van der Waals surface area contributed by atoms with E-state index < -0.39 is 0 Å². The fraction of sp³-hybridized carbons (Fsp3) is 0.222. The molecule has 1 aromatic heterocycles. The van der Waals surface area contributed by atoms with Crippen LogP contribution in [0.25, 0.3) is 10.9 Å². The van der Waals surface area contributed by atoms with Crippen LogP contribution in [0.2, 0.25) is 0 Å². The first-order valence-corrected chi connectivity index (χ1v) is 7.83. The number of anilines is 1. The first kappa shape index (κ1) is 13.8. The molecule has 2 heterocycles. The SMILES string of the molecule is Nc1n[nH]c2ccc(C(=O)N3CCCC3c3ccccc3)cc12. The molecule has 1 aliphatic heterocycles. The number of aromatic nitrogens is 2. The number of amides is 1. The average molecular weight is 306 g/mol. The lowest BCUT2D eigenvalue weighted by Gasteiger charge is -2.25. The van der Waals surface area contributed by atoms with E-state index in [-0.39, 0.29) is 11.9 Å². The maximum Gasteiger partial charge on any atom is 0.254 e. The first-order chi connectivity index (χ1) is 11.2. The number of H-pyrrole nitrogens is 1. The maximum absolute atomic E-state index is 13.0. The number of aromatic amines is 1. The Kier molecular flexibility index (Phi) is 3.26. The fourth-order valence-corrected chi connectivity index (χ4v) is 3.36. The highest BCUT2D eigenvalue weighted by atomic mass is 16.2. The van der Waals surface area contributed by atoms with E-state index in [0.29, 0.717) is 11.4 Å². The smallest absolute Gasteiger partial charge is 0.254 e. The first-order valence-electron chi connectivity index (χ1n) is 7.83. The van der Waals surface area contributed by atoms with Crippen molar-refractivity contribution in [2.24, 2.45) is 0 Å². The van der Waals surface area contributed by atoms with Gasteiger partial charge in [-0.25, -0.2) is 0 Å². The van der Waals surface area contributed by atoms with E-state index in [0.717, 1.165) is 30.3 Å². The molecule has 5 heteroatoms. The van der Waals surface area contributed by atoms with Gasteiger partial charge < -0.3 is 10.6 Å². The molecule has 1 atom stereocenters. The zero-order valence-electron chi connectivity index (χ0n) is 12.7. The number of hydrogen-bond acceptors (Lipinski definition) is 3. The molecule has 0 aliphatic carbocycles. The van der Waals surface area contributed by atoms with Gasteiger partial charge in [-0.3, -0.25) is 9.89 Å². The van der Waals surface area contributed by atoms with Crippen LogP contribution < -0.4 is 5.73 Å². The Hall–Kier alpha value is -2.82. The third kappa shape index (κ3) is 2.34. The van der Waals surface area contributed by atoms with Crippen molar-refractivity contribution in [3.8, 4) is 0 Å². The van der Waals surface area contributed by atoms with Gasteiger partial charge in [0.25, 0.3) is 5.91 Å². The Bertz CT molecular complexity index is 856. The number of carbonyl (C=O) groups excluding carboxylic acids is 1. The van der Waals surface area contributed by atoms with Crippen molar-refractivity contribution in [3.05, 3.63) is 59.7 Å². The summed E-state index contributed by atoms with van der Waals surface area (Å²) >= 11 is 0. The molecule has 2 aromatic carbocycles. The fourth-order valence-electron chi connectivity index (χ4n) is 3.36. The summed E-state index contributed by atoms with van der Waals surface area (Å²) in [5.41, 5.74) is 8.55. The lowest BCUT2D eigenvalue weighted by atomic mass is 10.0. The third-order valence-corrected chi connectivity index (χ3v) is 4.54. The van der Waals surface area contributed by atoms with E-state index in [1.807, 2.05) is 41.3 Å². The molecule has 1 unspecified atom stereocenters. The molecule has 1 saturated heterocycles. The van der Waals surface area contributed by atoms with E-state index in [9.17, 15) is 4.79 Å². The van der Waals surface area contributed by atoms with Crippen LogP contribution in [-0.2, 0) is 0 Å². The summed E-state index contributed by atoms with van der Waals surface area (Å²) < 4.78 is 0. The maximum atomic E-state index is 13.0. The molecule has 4 rings (SSSR count). The normalized spacial score (nSPS) is 17.7. The number of benzene rings is 2. The number of carbonyl (C=O) groups is 1. The monoisotopic (exact) mass is 306 g/mol. The molecule has 0 saturated carbocycles. The van der Waals surface area contributed by atoms with Crippen molar-refractivity contribution >= 4 is 22.6 Å². The molecule has 5 nitrogen and oxygen atoms in total. The quantitative estimate of drug-likeness (QED) is 0.764. The van der Waals surface area contributed by atoms with E-state index in [1.54, 1.807) is 0 Å². The molecular formula is C18H18N4O. The molecule has 0 spiro atoms. The topological polar surface area (TPSA) is 75.0 Å². The highest BCUT2D eigenvalue weighted by molar-refractivity contribution is 6.00. The second kappa shape index (κ2) is 5.43. The molecular weight excluding hydrogens is 288 g/mol. The summed E-state index contributed by atoms with van der Waals surface area (Å²) in [5, 5.41) is 7.64. The van der Waals surface area contributed by atoms with Crippen molar-refractivity contribution in [2.45, 2.75) is 18.9 Å². The van der Waals surface area contributed by atoms with Crippen LogP contribution in [-0.4, -0.2) is 27.5 Å². The molecule has 1 fully saturated rings. The van der Waals surface area contributed by atoms with Gasteiger partial charge in [0.1, 0.15) is 0 Å². The number of likely N-dealkylation sites (tertiary alicyclic amines) is 1. The van der Waals surface area contributed by atoms with Gasteiger partial charge in [0.2, 0.25) is 0 Å². The summed E-state index contributed by atoms with van der Waals surface area (Å²) in [6.07, 6.45) is 2.03. The zero-order chi connectivity index (χ0) is 15.8. The van der Waals surface area contributed by atoms with E-state index >= 15 is 0 Å². The van der Waals surface area contributed by atoms with E-state index in [1.165, 1.54) is 5.56 Å². The predicted molar refractivity (Wildman–Crippen MR) is 90.0 cm³/mol. The van der Waals surface area contributed by atoms with Gasteiger partial charge in [-0.2, -0.15) is 5.10 Å². The standard InChI is InChI=1S/C18H18N4O/c19-17-14-11-13(8-9-15(14)20-21-17)18(23)22-10-4-7-16(22)12-5-2-1-3-6-12/h1-3,5-6,8-9,11,16H,4,7,10H2,(H3,19,20,21). The molecule has 116 valence electrons. The average Bonchev–Trinajstić information content (AvgIpc) is 3.22. The van der Waals surface area contributed by atoms with Crippen LogP contribution >= 0.6 is 0 Å². The zero-order valence-corrected chi connectivity index (χ0v) is 12.7. The molecule has 23 heavy (non-hydrogen) atoms. The lowest BCUT2D eigenvalue weighted by Crippen LogP contribution is -2.30. The van der Waals surface area contributed by atoms with Crippen LogP contribution in [0.5, 0.6) is 0 Å². The van der Waals surface area contributed by atoms with Gasteiger partial charge in [0.15, 0.2) is 5.82 Å². The minimum Gasteiger partial charge on any atom is -0.382 e. The minimum atomic E-state index is 0.0545. The predicted octanol–water partition coefficient (Wildman–Crippen LogP) is 3.12. The number of nitrogens with two attached hydrogens (primary N) is 1. The number of rotatable bonds is 2. The van der Waals surface area contributed by atoms with Crippen LogP contribution in [0.1, 0.15) is 34.8 Å². The van der Waals surface area contributed by atoms with Gasteiger partial charge in [0, 0.05) is 17.5 Å². The Balaban J connectivity index is 1.68. The summed E-state index contributed by atoms with van der Waals surface area (Å²) in [7, 11) is 0. The summed E-state index contributed by atoms with van der Waals surface area (Å²) in [5.74, 6) is 0.481. The van der Waals surface area contributed by atoms with Crippen molar-refractivity contribution in [3.63, 3.8) is 0 Å². The Morgan fingerprint density at radius 1 is 1.22 bits per heavy atom. The molecule has 3 aromatic rings. The van der Waals surface area contributed by atoms with E-state index in [2.05, 4.69) is 22.3 Å². The molecule has 0 radical (unpaired) electrons. The van der Waals surface area contributed by atoms with Crippen LogP contribution in [0, 0.1) is 0 Å².